The Balaban J connectivity index is 0.00000325. The van der Waals surface area contributed by atoms with Gasteiger partial charge in [0.1, 0.15) is 35.1 Å². The molecule has 18 atom stereocenters. The lowest BCUT2D eigenvalue weighted by Gasteiger charge is -2.49. The lowest BCUT2D eigenvalue weighted by atomic mass is 9.74. The zero-order valence-electron chi connectivity index (χ0n) is 34.3. The Hall–Kier alpha value is -1.46. The molecule has 0 bridgehead atoms. The third-order valence-electron chi connectivity index (χ3n) is 11.8. The van der Waals surface area contributed by atoms with Crippen LogP contribution in [-0.2, 0) is 38.0 Å². The molecule has 3 aliphatic rings. The number of thiol groups is 1. The fourth-order valence-corrected chi connectivity index (χ4v) is 8.41. The number of esters is 1. The van der Waals surface area contributed by atoms with Crippen molar-refractivity contribution in [1.82, 2.24) is 4.90 Å². The zero-order valence-corrected chi connectivity index (χ0v) is 35.2. The molecule has 54 heavy (non-hydrogen) atoms. The molecule has 5 N–H and O–H groups in total. The summed E-state index contributed by atoms with van der Waals surface area (Å²) in [4.78, 5) is 29.8. The summed E-state index contributed by atoms with van der Waals surface area (Å²) in [6.07, 6.45) is -9.71. The predicted octanol–water partition coefficient (Wildman–Crippen LogP) is 2.18. The average molecular weight is 793 g/mol. The number of likely N-dealkylation sites (N-methyl/N-ethyl adjacent to an activating group) is 1. The van der Waals surface area contributed by atoms with Crippen molar-refractivity contribution in [1.29, 1.82) is 5.26 Å². The first-order chi connectivity index (χ1) is 24.8. The van der Waals surface area contributed by atoms with Crippen LogP contribution in [0.5, 0.6) is 0 Å². The number of rotatable bonds is 7. The first-order valence-electron chi connectivity index (χ1n) is 18.9. The number of aliphatic hydroxyl groups excluding tert-OH is 3. The topological polar surface area (TPSA) is 218 Å². The Labute approximate surface area is 327 Å². The van der Waals surface area contributed by atoms with Gasteiger partial charge in [0.15, 0.2) is 12.6 Å². The van der Waals surface area contributed by atoms with Crippen LogP contribution >= 0.6 is 12.6 Å². The highest BCUT2D eigenvalue weighted by Gasteiger charge is 2.53. The van der Waals surface area contributed by atoms with Gasteiger partial charge < -0.3 is 58.9 Å². The lowest BCUT2D eigenvalue weighted by Crippen LogP contribution is -2.61. The molecule has 16 heteroatoms. The highest BCUT2D eigenvalue weighted by atomic mass is 32.1. The van der Waals surface area contributed by atoms with Crippen molar-refractivity contribution in [2.45, 2.75) is 179 Å². The van der Waals surface area contributed by atoms with Gasteiger partial charge in [-0.25, -0.2) is 0 Å². The Kier molecular flexibility index (Phi) is 17.9. The summed E-state index contributed by atoms with van der Waals surface area (Å²) < 4.78 is 37.1. The summed E-state index contributed by atoms with van der Waals surface area (Å²) in [5.41, 5.74) is -4.84. The van der Waals surface area contributed by atoms with Crippen molar-refractivity contribution < 1.29 is 63.5 Å². The maximum absolute atomic E-state index is 14.1. The molecule has 0 saturated carbocycles. The summed E-state index contributed by atoms with van der Waals surface area (Å²) in [7, 11) is 5.18. The van der Waals surface area contributed by atoms with Gasteiger partial charge in [0, 0.05) is 37.3 Å². The van der Waals surface area contributed by atoms with Crippen LogP contribution in [0.1, 0.15) is 94.9 Å². The molecule has 3 fully saturated rings. The highest BCUT2D eigenvalue weighted by Crippen LogP contribution is 2.40. The summed E-state index contributed by atoms with van der Waals surface area (Å²) in [5, 5.41) is 66.2. The van der Waals surface area contributed by atoms with Crippen molar-refractivity contribution >= 4 is 24.4 Å². The molecule has 15 nitrogen and oxygen atoms in total. The predicted molar refractivity (Wildman–Crippen MR) is 201 cm³/mol. The van der Waals surface area contributed by atoms with E-state index in [4.69, 9.17) is 33.7 Å². The molecule has 0 aromatic heterocycles. The molecule has 0 spiro atoms. The molecule has 3 aliphatic heterocycles. The maximum Gasteiger partial charge on any atom is 0.311 e. The van der Waals surface area contributed by atoms with Gasteiger partial charge in [0.05, 0.1) is 47.6 Å². The molecule has 0 unspecified atom stereocenters. The van der Waals surface area contributed by atoms with E-state index in [1.54, 1.807) is 41.5 Å². The van der Waals surface area contributed by atoms with Crippen LogP contribution in [0.3, 0.4) is 0 Å². The molecule has 3 rings (SSSR count). The molecule has 0 aliphatic carbocycles. The van der Waals surface area contributed by atoms with E-state index in [0.717, 1.165) is 0 Å². The van der Waals surface area contributed by atoms with Crippen molar-refractivity contribution in [2.24, 2.45) is 23.7 Å². The summed E-state index contributed by atoms with van der Waals surface area (Å²) in [5.74, 6) is -4.98. The molecule has 0 aromatic carbocycles. The number of cyclic esters (lactones) is 1. The van der Waals surface area contributed by atoms with Crippen LogP contribution in [0.2, 0.25) is 0 Å². The normalized spacial score (nSPS) is 47.1. The maximum atomic E-state index is 14.1. The van der Waals surface area contributed by atoms with Crippen LogP contribution < -0.4 is 0 Å². The molecule has 0 aromatic rings. The third kappa shape index (κ3) is 11.1. The average Bonchev–Trinajstić information content (AvgIpc) is 3.09. The molecule has 3 heterocycles. The van der Waals surface area contributed by atoms with Gasteiger partial charge in [-0.3, -0.25) is 9.59 Å². The smallest absolute Gasteiger partial charge is 0.311 e. The molecule has 314 valence electrons. The van der Waals surface area contributed by atoms with E-state index in [9.17, 15) is 35.1 Å². The quantitative estimate of drug-likeness (QED) is 0.124. The number of methoxy groups -OCH3 is 1. The largest absolute Gasteiger partial charge is 0.459 e. The fraction of sp³-hybridized carbons (Fsp3) is 0.921. The number of carbonyl (C=O) groups excluding carboxylic acids is 2. The Morgan fingerprint density at radius 1 is 0.944 bits per heavy atom. The molecule has 3 saturated heterocycles. The van der Waals surface area contributed by atoms with Crippen LogP contribution in [0, 0.1) is 34.3 Å². The number of thiocyanates is 1. The molecular weight excluding hydrogens is 724 g/mol. The summed E-state index contributed by atoms with van der Waals surface area (Å²) >= 11 is 3.09. The van der Waals surface area contributed by atoms with Gasteiger partial charge in [-0.1, -0.05) is 40.3 Å². The zero-order chi connectivity index (χ0) is 41.7. The summed E-state index contributed by atoms with van der Waals surface area (Å²) in [6, 6.07) is -0.324. The van der Waals surface area contributed by atoms with E-state index in [1.807, 2.05) is 25.9 Å². The number of ether oxygens (including phenoxy) is 6. The minimum absolute atomic E-state index is 0.0936. The molecule has 0 radical (unpaired) electrons. The van der Waals surface area contributed by atoms with Gasteiger partial charge >= 0.3 is 5.97 Å². The van der Waals surface area contributed by atoms with E-state index >= 15 is 0 Å². The number of carbonyl (C=O) groups is 2. The monoisotopic (exact) mass is 792 g/mol. The standard InChI is InChI=1S/C37H67NO13.CHNS/c1-14-25-37(10,45)30(41)20(4)27(39)18(2)16-35(8,44)32(51-34-28(40)24(38(11)12)15-19(3)47-34)21(5)29(22(6)33(43)49-25)50-26-17-36(9,46-13)31(42)23(7)48-26;2-1-3/h18-26,28-32,34,40-42,44-45H,14-17H2,1-13H3;3H/t18-,19-,20+,21-,22-,23+,24+,25-,26+,28-,29+,30+,31+,32-,34+,35-,36-,37-;/m1./s1. The van der Waals surface area contributed by atoms with Crippen LogP contribution in [0.25, 0.3) is 0 Å². The third-order valence-corrected chi connectivity index (χ3v) is 11.8. The first kappa shape index (κ1) is 48.7. The van der Waals surface area contributed by atoms with Crippen molar-refractivity contribution in [3.05, 3.63) is 0 Å². The minimum atomic E-state index is -1.99. The van der Waals surface area contributed by atoms with Gasteiger partial charge in [-0.2, -0.15) is 5.26 Å². The second kappa shape index (κ2) is 19.8. The number of nitriles is 1. The van der Waals surface area contributed by atoms with E-state index in [-0.39, 0.29) is 31.4 Å². The highest BCUT2D eigenvalue weighted by molar-refractivity contribution is 7.85. The molecule has 0 amide bonds. The number of hydrogen-bond donors (Lipinski definition) is 6. The van der Waals surface area contributed by atoms with Crippen molar-refractivity contribution in [3.8, 4) is 5.40 Å². The molecular formula is C38H68N2O13S. The van der Waals surface area contributed by atoms with Crippen LogP contribution in [0.15, 0.2) is 0 Å². The van der Waals surface area contributed by atoms with Gasteiger partial charge in [0.25, 0.3) is 0 Å². The van der Waals surface area contributed by atoms with Gasteiger partial charge in [0.2, 0.25) is 0 Å². The fourth-order valence-electron chi connectivity index (χ4n) is 8.41. The van der Waals surface area contributed by atoms with E-state index in [0.29, 0.717) is 6.42 Å². The van der Waals surface area contributed by atoms with E-state index in [1.165, 1.54) is 33.3 Å². The van der Waals surface area contributed by atoms with Crippen LogP contribution in [0.4, 0.5) is 0 Å². The van der Waals surface area contributed by atoms with Crippen molar-refractivity contribution in [3.63, 3.8) is 0 Å². The van der Waals surface area contributed by atoms with E-state index < -0.39 is 108 Å². The second-order valence-electron chi connectivity index (χ2n) is 16.6. The second-order valence-corrected chi connectivity index (χ2v) is 16.8. The number of Topliss-reactive ketones (excluding diaryl/α,β-unsaturated/α-hetero) is 1. The van der Waals surface area contributed by atoms with E-state index in [2.05, 4.69) is 12.6 Å². The lowest BCUT2D eigenvalue weighted by molar-refractivity contribution is -0.318. The van der Waals surface area contributed by atoms with Gasteiger partial charge in [-0.15, -0.1) is 0 Å². The van der Waals surface area contributed by atoms with Gasteiger partial charge in [-0.05, 0) is 74.9 Å². The number of nitrogens with zero attached hydrogens (tertiary/aromatic N) is 2. The Morgan fingerprint density at radius 2 is 1.52 bits per heavy atom. The minimum Gasteiger partial charge on any atom is -0.459 e. The summed E-state index contributed by atoms with van der Waals surface area (Å²) in [6.45, 7) is 16.3. The number of ketones is 1. The van der Waals surface area contributed by atoms with Crippen LogP contribution in [-0.4, -0.2) is 148 Å². The first-order valence-corrected chi connectivity index (χ1v) is 19.4. The number of aliphatic hydroxyl groups is 5. The Bertz CT molecular complexity index is 1270. The Morgan fingerprint density at radius 3 is 2.04 bits per heavy atom. The number of hydrogen-bond acceptors (Lipinski definition) is 16. The SMILES string of the molecule is CC[C@H]1OC(=O)[C@H](C)[C@@H](O[C@H]2C[C@@](C)(OC)[C@@H](O)[C@H](C)O2)[C@@H](C)[C@@H](O[C@@H]2O[C@H](C)C[C@H](N(C)C)[C@H]2O)[C@](C)(O)C[C@@H](C)C(=O)[C@H](C)[C@H](O)[C@]1(C)O.N#CS. The van der Waals surface area contributed by atoms with Crippen molar-refractivity contribution in [2.75, 3.05) is 21.2 Å².